The molecule has 1 unspecified atom stereocenters. The molecule has 1 N–H and O–H groups in total. The van der Waals surface area contributed by atoms with Gasteiger partial charge < -0.3 is 19.5 Å². The van der Waals surface area contributed by atoms with Crippen molar-refractivity contribution >= 4 is 17.6 Å². The number of halogens is 4. The number of alkyl halides is 2. The molecule has 260 valence electrons. The summed E-state index contributed by atoms with van der Waals surface area (Å²) < 4.78 is 66.6. The first kappa shape index (κ1) is 35.4. The third kappa shape index (κ3) is 6.04. The van der Waals surface area contributed by atoms with E-state index >= 15 is 13.2 Å². The fraction of sp³-hybridized carbons (Fsp3) is 0.220. The molecular formula is C41H35ClF3N3O3. The Labute approximate surface area is 300 Å². The molecule has 0 spiro atoms. The highest BCUT2D eigenvalue weighted by molar-refractivity contribution is 6.33. The zero-order chi connectivity index (χ0) is 36.6. The number of nitrogens with zero attached hydrogens (tertiary/aromatic N) is 2. The normalized spacial score (nSPS) is 17.8. The van der Waals surface area contributed by atoms with Gasteiger partial charge in [0.1, 0.15) is 22.9 Å². The zero-order valence-electron chi connectivity index (χ0n) is 28.6. The van der Waals surface area contributed by atoms with Gasteiger partial charge in [0.15, 0.2) is 11.1 Å². The summed E-state index contributed by atoms with van der Waals surface area (Å²) in [6, 6.07) is 34.4. The van der Waals surface area contributed by atoms with Crippen LogP contribution in [0.4, 0.5) is 13.2 Å². The molecule has 0 saturated heterocycles. The highest BCUT2D eigenvalue weighted by atomic mass is 35.5. The maximum absolute atomic E-state index is 16.8. The van der Waals surface area contributed by atoms with Crippen LogP contribution in [0.15, 0.2) is 120 Å². The maximum atomic E-state index is 16.8. The minimum atomic E-state index is -3.74. The van der Waals surface area contributed by atoms with Gasteiger partial charge in [0.2, 0.25) is 0 Å². The van der Waals surface area contributed by atoms with E-state index < -0.39 is 28.4 Å². The van der Waals surface area contributed by atoms with Crippen molar-refractivity contribution in [2.75, 3.05) is 14.2 Å². The molecule has 0 radical (unpaired) electrons. The number of nitriles is 1. The molecule has 0 aliphatic carbocycles. The van der Waals surface area contributed by atoms with Crippen LogP contribution in [-0.2, 0) is 15.8 Å². The average Bonchev–Trinajstić information content (AvgIpc) is 3.14. The molecule has 1 aliphatic rings. The first-order valence-electron chi connectivity index (χ1n) is 16.1. The van der Waals surface area contributed by atoms with E-state index in [1.807, 2.05) is 54.6 Å². The molecule has 0 amide bonds. The van der Waals surface area contributed by atoms with Gasteiger partial charge in [-0.1, -0.05) is 72.3 Å². The Bertz CT molecular complexity index is 2090. The van der Waals surface area contributed by atoms with Crippen molar-refractivity contribution in [2.45, 2.75) is 43.4 Å². The van der Waals surface area contributed by atoms with Gasteiger partial charge >= 0.3 is 5.92 Å². The van der Waals surface area contributed by atoms with Crippen LogP contribution in [0.1, 0.15) is 48.6 Å². The highest BCUT2D eigenvalue weighted by Crippen LogP contribution is 2.53. The molecule has 1 heterocycles. The largest absolute Gasteiger partial charge is 0.497 e. The summed E-state index contributed by atoms with van der Waals surface area (Å²) in [5, 5.41) is 13.2. The number of benzene rings is 5. The van der Waals surface area contributed by atoms with Crippen LogP contribution in [0.5, 0.6) is 11.5 Å². The van der Waals surface area contributed by atoms with Gasteiger partial charge in [-0.3, -0.25) is 0 Å². The molecule has 6 rings (SSSR count). The van der Waals surface area contributed by atoms with E-state index in [1.54, 1.807) is 44.6 Å². The van der Waals surface area contributed by atoms with Crippen LogP contribution < -0.4 is 14.8 Å². The van der Waals surface area contributed by atoms with Crippen molar-refractivity contribution in [3.63, 3.8) is 0 Å². The van der Waals surface area contributed by atoms with Crippen molar-refractivity contribution in [2.24, 2.45) is 4.99 Å². The molecule has 5 aromatic rings. The standard InChI is InChI=1S/C41H35ClF3N3O3/c1-38(2)41(44,45)39(3,34-24-27(12-22-36(34)43)33-23-26(25-46)11-21-35(33)42)47-37(51-38)48-40(28-9-7-6-8-10-28,29-13-17-31(49-4)18-14-29)30-15-19-32(50-5)20-16-30/h6-24H,1-5H3,(H,47,48). The number of hydrogen-bond donors (Lipinski definition) is 1. The maximum Gasteiger partial charge on any atom is 0.315 e. The molecule has 0 aromatic heterocycles. The van der Waals surface area contributed by atoms with Gasteiger partial charge in [0.25, 0.3) is 6.02 Å². The lowest BCUT2D eigenvalue weighted by Gasteiger charge is -2.49. The number of aliphatic imine (C=N–C) groups is 1. The lowest BCUT2D eigenvalue weighted by molar-refractivity contribution is -0.209. The molecule has 5 aromatic carbocycles. The number of amidine groups is 1. The Morgan fingerprint density at radius 1 is 0.784 bits per heavy atom. The number of nitrogens with one attached hydrogen (secondary N) is 1. The van der Waals surface area contributed by atoms with E-state index in [4.69, 9.17) is 25.8 Å². The summed E-state index contributed by atoms with van der Waals surface area (Å²) in [5.41, 5.74) is -3.12. The first-order valence-corrected chi connectivity index (χ1v) is 16.5. The zero-order valence-corrected chi connectivity index (χ0v) is 29.4. The van der Waals surface area contributed by atoms with Crippen LogP contribution in [0.3, 0.4) is 0 Å². The predicted octanol–water partition coefficient (Wildman–Crippen LogP) is 9.63. The quantitative estimate of drug-likeness (QED) is 0.163. The third-order valence-electron chi connectivity index (χ3n) is 9.49. The Balaban J connectivity index is 1.60. The SMILES string of the molecule is COc1ccc(C(NC2=NC(C)(c3cc(-c4cc(C#N)ccc4Cl)ccc3F)C(F)(F)C(C)(C)O2)(c2ccccc2)c2ccc(OC)cc2)cc1. The molecule has 0 bridgehead atoms. The monoisotopic (exact) mass is 709 g/mol. The summed E-state index contributed by atoms with van der Waals surface area (Å²) in [5.74, 6) is -3.40. The third-order valence-corrected chi connectivity index (χ3v) is 9.82. The fourth-order valence-electron chi connectivity index (χ4n) is 6.60. The van der Waals surface area contributed by atoms with E-state index in [9.17, 15) is 5.26 Å². The van der Waals surface area contributed by atoms with Crippen molar-refractivity contribution in [1.29, 1.82) is 5.26 Å². The summed E-state index contributed by atoms with van der Waals surface area (Å²) in [4.78, 5) is 4.57. The van der Waals surface area contributed by atoms with Crippen molar-refractivity contribution in [3.8, 4) is 28.7 Å². The van der Waals surface area contributed by atoms with Gasteiger partial charge in [0.05, 0.1) is 25.9 Å². The van der Waals surface area contributed by atoms with Crippen LogP contribution in [0, 0.1) is 17.1 Å². The second kappa shape index (κ2) is 13.3. The number of rotatable bonds is 8. The van der Waals surface area contributed by atoms with Gasteiger partial charge in [-0.15, -0.1) is 0 Å². The average molecular weight is 710 g/mol. The van der Waals surface area contributed by atoms with Crippen molar-refractivity contribution in [3.05, 3.63) is 154 Å². The topological polar surface area (TPSA) is 75.9 Å². The Hall–Kier alpha value is -5.46. The van der Waals surface area contributed by atoms with Gasteiger partial charge in [-0.2, -0.15) is 14.0 Å². The van der Waals surface area contributed by atoms with E-state index in [0.717, 1.165) is 11.6 Å². The summed E-state index contributed by atoms with van der Waals surface area (Å²) >= 11 is 6.49. The Morgan fingerprint density at radius 2 is 1.35 bits per heavy atom. The van der Waals surface area contributed by atoms with Crippen LogP contribution in [0.25, 0.3) is 11.1 Å². The van der Waals surface area contributed by atoms with Gasteiger partial charge in [-0.25, -0.2) is 9.38 Å². The molecule has 6 nitrogen and oxygen atoms in total. The van der Waals surface area contributed by atoms with E-state index in [1.165, 1.54) is 45.0 Å². The van der Waals surface area contributed by atoms with Gasteiger partial charge in [0, 0.05) is 16.1 Å². The lowest BCUT2D eigenvalue weighted by Crippen LogP contribution is -2.64. The number of ether oxygens (including phenoxy) is 3. The predicted molar refractivity (Wildman–Crippen MR) is 192 cm³/mol. The molecule has 51 heavy (non-hydrogen) atoms. The molecule has 1 aliphatic heterocycles. The second-order valence-electron chi connectivity index (χ2n) is 12.9. The van der Waals surface area contributed by atoms with Crippen molar-refractivity contribution < 1.29 is 27.4 Å². The number of methoxy groups -OCH3 is 2. The van der Waals surface area contributed by atoms with E-state index in [-0.39, 0.29) is 16.6 Å². The number of hydrogen-bond acceptors (Lipinski definition) is 6. The van der Waals surface area contributed by atoms with Crippen LogP contribution in [-0.4, -0.2) is 31.8 Å². The Kier molecular flexibility index (Phi) is 9.26. The Morgan fingerprint density at radius 3 is 1.90 bits per heavy atom. The molecule has 0 saturated carbocycles. The van der Waals surface area contributed by atoms with Crippen LogP contribution in [0.2, 0.25) is 5.02 Å². The van der Waals surface area contributed by atoms with E-state index in [2.05, 4.69) is 16.4 Å². The second-order valence-corrected chi connectivity index (χ2v) is 13.3. The van der Waals surface area contributed by atoms with Gasteiger partial charge in [-0.05, 0) is 97.6 Å². The minimum absolute atomic E-state index is 0.238. The smallest absolute Gasteiger partial charge is 0.315 e. The molecule has 10 heteroatoms. The van der Waals surface area contributed by atoms with Crippen molar-refractivity contribution in [1.82, 2.24) is 5.32 Å². The minimum Gasteiger partial charge on any atom is -0.497 e. The molecule has 0 fully saturated rings. The van der Waals surface area contributed by atoms with E-state index in [0.29, 0.717) is 39.3 Å². The van der Waals surface area contributed by atoms with Crippen LogP contribution >= 0.6 is 11.6 Å². The summed E-state index contributed by atoms with van der Waals surface area (Å²) in [6.45, 7) is 3.70. The lowest BCUT2D eigenvalue weighted by atomic mass is 9.75. The summed E-state index contributed by atoms with van der Waals surface area (Å²) in [6.07, 6.45) is 0. The highest BCUT2D eigenvalue weighted by Gasteiger charge is 2.66. The summed E-state index contributed by atoms with van der Waals surface area (Å²) in [7, 11) is 3.13. The molecule has 1 atom stereocenters. The fourth-order valence-corrected chi connectivity index (χ4v) is 6.83. The first-order chi connectivity index (χ1) is 24.3. The molecular weight excluding hydrogens is 675 g/mol.